The number of carboxylic acids is 2. The van der Waals surface area contributed by atoms with Crippen molar-refractivity contribution in [2.24, 2.45) is 0 Å². The molecule has 0 aromatic heterocycles. The molecule has 2 aromatic rings. The molecule has 0 aliphatic carbocycles. The first-order valence-corrected chi connectivity index (χ1v) is 15.3. The molecule has 0 aliphatic heterocycles. The van der Waals surface area contributed by atoms with Gasteiger partial charge in [-0.3, -0.25) is 0 Å². The number of carbonyl (C=O) groups is 2. The van der Waals surface area contributed by atoms with Gasteiger partial charge in [-0.05, 0) is 47.9 Å². The van der Waals surface area contributed by atoms with Crippen LogP contribution < -0.4 is 0 Å². The summed E-state index contributed by atoms with van der Waals surface area (Å²) in [5, 5.41) is 18.6. The summed E-state index contributed by atoms with van der Waals surface area (Å²) in [6.07, 6.45) is 21.6. The fourth-order valence-electron chi connectivity index (χ4n) is 4.83. The minimum atomic E-state index is -1.17. The molecule has 2 N–H and O–H groups in total. The first-order chi connectivity index (χ1) is 19.5. The molecule has 0 amide bonds. The van der Waals surface area contributed by atoms with Crippen LogP contribution in [-0.4, -0.2) is 35.4 Å². The van der Waals surface area contributed by atoms with Gasteiger partial charge in [-0.1, -0.05) is 127 Å². The van der Waals surface area contributed by atoms with Crippen LogP contribution in [0.25, 0.3) is 11.1 Å². The SMILES string of the molecule is CCCCCCCCCCCCCCCCCCOCC#Cc1cccc(-c2cc(C(=O)O)cc(C(=O)O)c2)c1. The van der Waals surface area contributed by atoms with Crippen LogP contribution in [0.2, 0.25) is 0 Å². The zero-order valence-corrected chi connectivity index (χ0v) is 24.4. The first kappa shape index (κ1) is 33.1. The molecule has 2 rings (SSSR count). The zero-order valence-electron chi connectivity index (χ0n) is 24.4. The van der Waals surface area contributed by atoms with Crippen molar-refractivity contribution in [2.75, 3.05) is 13.2 Å². The molecule has 0 fully saturated rings. The summed E-state index contributed by atoms with van der Waals surface area (Å²) in [4.78, 5) is 22.8. The van der Waals surface area contributed by atoms with Crippen molar-refractivity contribution in [1.29, 1.82) is 0 Å². The second-order valence-corrected chi connectivity index (χ2v) is 10.6. The average Bonchev–Trinajstić information content (AvgIpc) is 2.96. The highest BCUT2D eigenvalue weighted by Gasteiger charge is 2.12. The Kier molecular flexibility index (Phi) is 17.2. The summed E-state index contributed by atoms with van der Waals surface area (Å²) in [7, 11) is 0. The van der Waals surface area contributed by atoms with Crippen LogP contribution in [0.1, 0.15) is 136 Å². The lowest BCUT2D eigenvalue weighted by Crippen LogP contribution is -2.03. The van der Waals surface area contributed by atoms with Crippen LogP contribution in [0.4, 0.5) is 0 Å². The Labute approximate surface area is 241 Å². The topological polar surface area (TPSA) is 83.8 Å². The Hall–Kier alpha value is -3.10. The van der Waals surface area contributed by atoms with E-state index in [1.807, 2.05) is 24.3 Å². The van der Waals surface area contributed by atoms with E-state index in [9.17, 15) is 19.8 Å². The van der Waals surface area contributed by atoms with Gasteiger partial charge >= 0.3 is 11.9 Å². The normalized spacial score (nSPS) is 10.7. The van der Waals surface area contributed by atoms with E-state index >= 15 is 0 Å². The van der Waals surface area contributed by atoms with Gasteiger partial charge in [0.05, 0.1) is 11.1 Å². The highest BCUT2D eigenvalue weighted by Crippen LogP contribution is 2.24. The van der Waals surface area contributed by atoms with Gasteiger partial charge in [0.2, 0.25) is 0 Å². The van der Waals surface area contributed by atoms with E-state index in [1.54, 1.807) is 0 Å². The third kappa shape index (κ3) is 14.3. The fraction of sp³-hybridized carbons (Fsp3) is 0.543. The third-order valence-electron chi connectivity index (χ3n) is 7.17. The molecule has 5 nitrogen and oxygen atoms in total. The number of benzene rings is 2. The molecule has 0 atom stereocenters. The molecule has 5 heteroatoms. The van der Waals surface area contributed by atoms with E-state index < -0.39 is 11.9 Å². The molecule has 0 spiro atoms. The van der Waals surface area contributed by atoms with Crippen LogP contribution >= 0.6 is 0 Å². The molecule has 0 saturated carbocycles. The van der Waals surface area contributed by atoms with Crippen molar-refractivity contribution in [3.63, 3.8) is 0 Å². The third-order valence-corrected chi connectivity index (χ3v) is 7.17. The molecule has 0 bridgehead atoms. The summed E-state index contributed by atoms with van der Waals surface area (Å²) < 4.78 is 5.67. The maximum absolute atomic E-state index is 11.4. The molecule has 218 valence electrons. The largest absolute Gasteiger partial charge is 0.478 e. The van der Waals surface area contributed by atoms with Gasteiger partial charge in [0.15, 0.2) is 0 Å². The molecule has 40 heavy (non-hydrogen) atoms. The van der Waals surface area contributed by atoms with Crippen LogP contribution in [0.5, 0.6) is 0 Å². The molecule has 0 heterocycles. The van der Waals surface area contributed by atoms with Crippen molar-refractivity contribution >= 4 is 11.9 Å². The molecule has 2 aromatic carbocycles. The van der Waals surface area contributed by atoms with Crippen LogP contribution in [-0.2, 0) is 4.74 Å². The van der Waals surface area contributed by atoms with Gasteiger partial charge in [0.25, 0.3) is 0 Å². The number of hydrogen-bond acceptors (Lipinski definition) is 3. The predicted molar refractivity (Wildman–Crippen MR) is 163 cm³/mol. The van der Waals surface area contributed by atoms with E-state index in [-0.39, 0.29) is 11.1 Å². The minimum Gasteiger partial charge on any atom is -0.478 e. The van der Waals surface area contributed by atoms with Gasteiger partial charge in [-0.2, -0.15) is 0 Å². The second-order valence-electron chi connectivity index (χ2n) is 10.6. The van der Waals surface area contributed by atoms with Crippen molar-refractivity contribution in [2.45, 2.75) is 110 Å². The smallest absolute Gasteiger partial charge is 0.335 e. The monoisotopic (exact) mass is 548 g/mol. The van der Waals surface area contributed by atoms with E-state index in [0.29, 0.717) is 24.3 Å². The average molecular weight is 549 g/mol. The lowest BCUT2D eigenvalue weighted by atomic mass is 9.98. The number of aromatic carboxylic acids is 2. The van der Waals surface area contributed by atoms with Gasteiger partial charge in [-0.25, -0.2) is 9.59 Å². The molecular formula is C35H48O5. The molecule has 0 unspecified atom stereocenters. The van der Waals surface area contributed by atoms with Crippen molar-refractivity contribution in [1.82, 2.24) is 0 Å². The number of carboxylic acid groups (broad SMARTS) is 2. The summed E-state index contributed by atoms with van der Waals surface area (Å²) in [5.74, 6) is 3.78. The second kappa shape index (κ2) is 20.8. The summed E-state index contributed by atoms with van der Waals surface area (Å²) in [6, 6.07) is 11.4. The summed E-state index contributed by atoms with van der Waals surface area (Å²) in [6.45, 7) is 3.35. The lowest BCUT2D eigenvalue weighted by Gasteiger charge is -2.06. The van der Waals surface area contributed by atoms with E-state index in [1.165, 1.54) is 108 Å². The number of hydrogen-bond donors (Lipinski definition) is 2. The Morgan fingerprint density at radius 3 is 1.65 bits per heavy atom. The highest BCUT2D eigenvalue weighted by atomic mass is 16.5. The Balaban J connectivity index is 1.54. The highest BCUT2D eigenvalue weighted by molar-refractivity contribution is 5.96. The minimum absolute atomic E-state index is 0.0612. The van der Waals surface area contributed by atoms with Gasteiger partial charge < -0.3 is 14.9 Å². The van der Waals surface area contributed by atoms with Crippen LogP contribution in [0.15, 0.2) is 42.5 Å². The van der Waals surface area contributed by atoms with E-state index in [0.717, 1.165) is 18.1 Å². The quantitative estimate of drug-likeness (QED) is 0.120. The summed E-state index contributed by atoms with van der Waals surface area (Å²) >= 11 is 0. The van der Waals surface area contributed by atoms with Gasteiger partial charge in [0, 0.05) is 12.2 Å². The van der Waals surface area contributed by atoms with E-state index in [4.69, 9.17) is 4.74 Å². The van der Waals surface area contributed by atoms with Crippen LogP contribution in [0, 0.1) is 11.8 Å². The molecule has 0 aliphatic rings. The van der Waals surface area contributed by atoms with Crippen molar-refractivity contribution in [3.05, 3.63) is 59.2 Å². The van der Waals surface area contributed by atoms with Gasteiger partial charge in [0.1, 0.15) is 6.61 Å². The number of rotatable bonds is 21. The maximum atomic E-state index is 11.4. The molecular weight excluding hydrogens is 500 g/mol. The number of ether oxygens (including phenoxy) is 1. The van der Waals surface area contributed by atoms with Crippen LogP contribution in [0.3, 0.4) is 0 Å². The predicted octanol–water partition coefficient (Wildman–Crippen LogP) is 9.38. The Bertz CT molecular complexity index is 1050. The molecule has 0 radical (unpaired) electrons. The van der Waals surface area contributed by atoms with Gasteiger partial charge in [-0.15, -0.1) is 0 Å². The van der Waals surface area contributed by atoms with Crippen molar-refractivity contribution in [3.8, 4) is 23.0 Å². The Morgan fingerprint density at radius 2 is 1.15 bits per heavy atom. The van der Waals surface area contributed by atoms with Crippen molar-refractivity contribution < 1.29 is 24.5 Å². The molecule has 0 saturated heterocycles. The first-order valence-electron chi connectivity index (χ1n) is 15.3. The van der Waals surface area contributed by atoms with E-state index in [2.05, 4.69) is 18.8 Å². The zero-order chi connectivity index (χ0) is 28.8. The maximum Gasteiger partial charge on any atom is 0.335 e. The Morgan fingerprint density at radius 1 is 0.650 bits per heavy atom. The fourth-order valence-corrected chi connectivity index (χ4v) is 4.83. The lowest BCUT2D eigenvalue weighted by molar-refractivity contribution is 0.0696. The number of unbranched alkanes of at least 4 members (excludes halogenated alkanes) is 15. The standard InChI is InChI=1S/C35H48O5/c1-2-3-4-5-6-7-8-9-10-11-12-13-14-15-16-17-23-40-24-19-21-29-20-18-22-30(25-29)31-26-32(34(36)37)28-33(27-31)35(38)39/h18,20,22,25-28H,2-17,23-24H2,1H3,(H,36,37)(H,38,39). The summed E-state index contributed by atoms with van der Waals surface area (Å²) in [5.41, 5.74) is 1.89.